The largest absolute Gasteiger partial charge is 0.377 e. The summed E-state index contributed by atoms with van der Waals surface area (Å²) < 4.78 is 0. The second-order valence-corrected chi connectivity index (χ2v) is 4.47. The Morgan fingerprint density at radius 3 is 3.06 bits per heavy atom. The fourth-order valence-electron chi connectivity index (χ4n) is 2.00. The van der Waals surface area contributed by atoms with Gasteiger partial charge in [-0.05, 0) is 25.5 Å². The number of halogens is 1. The van der Waals surface area contributed by atoms with E-state index in [9.17, 15) is 10.1 Å². The van der Waals surface area contributed by atoms with Crippen LogP contribution in [0.2, 0.25) is 5.02 Å². The smallest absolute Gasteiger partial charge is 0.293 e. The SMILES string of the molecule is O=[N+]([O-])c1cccc(Cl)c1NCC1CCCN1. The zero-order chi connectivity index (χ0) is 12.3. The van der Waals surface area contributed by atoms with Gasteiger partial charge in [0.25, 0.3) is 5.69 Å². The van der Waals surface area contributed by atoms with Gasteiger partial charge in [-0.15, -0.1) is 0 Å². The second-order valence-electron chi connectivity index (χ2n) is 4.07. The first-order valence-electron chi connectivity index (χ1n) is 5.58. The maximum Gasteiger partial charge on any atom is 0.293 e. The third-order valence-corrected chi connectivity index (χ3v) is 3.19. The molecule has 0 bridgehead atoms. The molecule has 0 radical (unpaired) electrons. The van der Waals surface area contributed by atoms with E-state index in [0.717, 1.165) is 19.4 Å². The molecule has 1 atom stereocenters. The van der Waals surface area contributed by atoms with Crippen LogP contribution in [0.1, 0.15) is 12.8 Å². The molecule has 2 rings (SSSR count). The molecule has 0 spiro atoms. The summed E-state index contributed by atoms with van der Waals surface area (Å²) in [6.07, 6.45) is 2.24. The fourth-order valence-corrected chi connectivity index (χ4v) is 2.23. The van der Waals surface area contributed by atoms with Crippen molar-refractivity contribution in [2.75, 3.05) is 18.4 Å². The molecule has 17 heavy (non-hydrogen) atoms. The van der Waals surface area contributed by atoms with E-state index in [1.165, 1.54) is 6.07 Å². The summed E-state index contributed by atoms with van der Waals surface area (Å²) in [6.45, 7) is 1.67. The van der Waals surface area contributed by atoms with Crippen LogP contribution in [0.4, 0.5) is 11.4 Å². The average molecular weight is 256 g/mol. The van der Waals surface area contributed by atoms with Gasteiger partial charge >= 0.3 is 0 Å². The number of hydrogen-bond donors (Lipinski definition) is 2. The molecule has 6 heteroatoms. The molecule has 1 aromatic rings. The van der Waals surface area contributed by atoms with Crippen molar-refractivity contribution in [1.29, 1.82) is 0 Å². The normalized spacial score (nSPS) is 19.2. The molecular weight excluding hydrogens is 242 g/mol. The van der Waals surface area contributed by atoms with E-state index in [0.29, 0.717) is 23.3 Å². The van der Waals surface area contributed by atoms with Crippen molar-refractivity contribution in [3.8, 4) is 0 Å². The van der Waals surface area contributed by atoms with E-state index >= 15 is 0 Å². The molecule has 1 aliphatic rings. The highest BCUT2D eigenvalue weighted by Crippen LogP contribution is 2.31. The van der Waals surface area contributed by atoms with E-state index < -0.39 is 4.92 Å². The van der Waals surface area contributed by atoms with Gasteiger partial charge in [-0.25, -0.2) is 0 Å². The molecule has 0 aliphatic carbocycles. The molecule has 1 fully saturated rings. The van der Waals surface area contributed by atoms with Crippen LogP contribution in [0, 0.1) is 10.1 Å². The van der Waals surface area contributed by atoms with Gasteiger partial charge in [0.05, 0.1) is 9.95 Å². The van der Waals surface area contributed by atoms with E-state index in [4.69, 9.17) is 11.6 Å². The van der Waals surface area contributed by atoms with Crippen molar-refractivity contribution in [3.05, 3.63) is 33.3 Å². The number of nitrogens with one attached hydrogen (secondary N) is 2. The van der Waals surface area contributed by atoms with Gasteiger partial charge in [0, 0.05) is 18.7 Å². The highest BCUT2D eigenvalue weighted by atomic mass is 35.5. The zero-order valence-corrected chi connectivity index (χ0v) is 10.0. The lowest BCUT2D eigenvalue weighted by atomic mass is 10.2. The molecule has 0 saturated carbocycles. The van der Waals surface area contributed by atoms with Crippen LogP contribution in [-0.2, 0) is 0 Å². The lowest BCUT2D eigenvalue weighted by Crippen LogP contribution is -2.29. The minimum atomic E-state index is -0.420. The van der Waals surface area contributed by atoms with Gasteiger partial charge in [0.15, 0.2) is 0 Å². The van der Waals surface area contributed by atoms with Crippen molar-refractivity contribution in [2.45, 2.75) is 18.9 Å². The van der Waals surface area contributed by atoms with E-state index in [1.807, 2.05) is 0 Å². The van der Waals surface area contributed by atoms with Gasteiger partial charge in [-0.3, -0.25) is 10.1 Å². The van der Waals surface area contributed by atoms with Crippen LogP contribution in [0.3, 0.4) is 0 Å². The molecule has 1 aromatic carbocycles. The van der Waals surface area contributed by atoms with Crippen LogP contribution >= 0.6 is 11.6 Å². The number of nitro groups is 1. The van der Waals surface area contributed by atoms with Crippen molar-refractivity contribution in [3.63, 3.8) is 0 Å². The Morgan fingerprint density at radius 1 is 1.59 bits per heavy atom. The Morgan fingerprint density at radius 2 is 2.41 bits per heavy atom. The summed E-state index contributed by atoms with van der Waals surface area (Å²) in [5, 5.41) is 17.6. The number of hydrogen-bond acceptors (Lipinski definition) is 4. The number of nitrogens with zero attached hydrogens (tertiary/aromatic N) is 1. The third-order valence-electron chi connectivity index (χ3n) is 2.88. The Hall–Kier alpha value is -1.33. The molecule has 1 aliphatic heterocycles. The Bertz CT molecular complexity index is 419. The van der Waals surface area contributed by atoms with Gasteiger partial charge in [0.1, 0.15) is 5.69 Å². The van der Waals surface area contributed by atoms with Gasteiger partial charge in [0.2, 0.25) is 0 Å². The first-order valence-corrected chi connectivity index (χ1v) is 5.96. The molecule has 1 heterocycles. The molecule has 5 nitrogen and oxygen atoms in total. The Labute approximate surface area is 104 Å². The lowest BCUT2D eigenvalue weighted by Gasteiger charge is -2.13. The highest BCUT2D eigenvalue weighted by molar-refractivity contribution is 6.33. The minimum Gasteiger partial charge on any atom is -0.377 e. The van der Waals surface area contributed by atoms with Crippen LogP contribution in [0.15, 0.2) is 18.2 Å². The lowest BCUT2D eigenvalue weighted by molar-refractivity contribution is -0.383. The molecule has 0 amide bonds. The Balaban J connectivity index is 2.10. The topological polar surface area (TPSA) is 67.2 Å². The van der Waals surface area contributed by atoms with Gasteiger partial charge in [-0.1, -0.05) is 17.7 Å². The van der Waals surface area contributed by atoms with Gasteiger partial charge < -0.3 is 10.6 Å². The summed E-state index contributed by atoms with van der Waals surface area (Å²) in [6, 6.07) is 5.06. The maximum atomic E-state index is 10.9. The minimum absolute atomic E-state index is 0.0236. The number of rotatable bonds is 4. The third kappa shape index (κ3) is 2.87. The van der Waals surface area contributed by atoms with E-state index in [2.05, 4.69) is 10.6 Å². The van der Waals surface area contributed by atoms with Crippen LogP contribution in [0.5, 0.6) is 0 Å². The molecule has 2 N–H and O–H groups in total. The number of anilines is 1. The predicted octanol–water partition coefficient (Wildman–Crippen LogP) is 2.41. The van der Waals surface area contributed by atoms with E-state index in [1.54, 1.807) is 12.1 Å². The number of para-hydroxylation sites is 1. The molecule has 0 aromatic heterocycles. The average Bonchev–Trinajstić information content (AvgIpc) is 2.80. The standard InChI is InChI=1S/C11H14ClN3O2/c12-9-4-1-5-10(15(16)17)11(9)14-7-8-3-2-6-13-8/h1,4-5,8,13-14H,2-3,6-7H2. The predicted molar refractivity (Wildman–Crippen MR) is 67.6 cm³/mol. The fraction of sp³-hybridized carbons (Fsp3) is 0.455. The second kappa shape index (κ2) is 5.33. The summed E-state index contributed by atoms with van der Waals surface area (Å²) in [7, 11) is 0. The van der Waals surface area contributed by atoms with E-state index in [-0.39, 0.29) is 5.69 Å². The number of nitro benzene ring substituents is 1. The van der Waals surface area contributed by atoms with Crippen LogP contribution in [0.25, 0.3) is 0 Å². The summed E-state index contributed by atoms with van der Waals surface area (Å²) in [5.74, 6) is 0. The maximum absolute atomic E-state index is 10.9. The van der Waals surface area contributed by atoms with Gasteiger partial charge in [-0.2, -0.15) is 0 Å². The monoisotopic (exact) mass is 255 g/mol. The summed E-state index contributed by atoms with van der Waals surface area (Å²) >= 11 is 5.97. The first kappa shape index (κ1) is 12.1. The van der Waals surface area contributed by atoms with Crippen molar-refractivity contribution in [1.82, 2.24) is 5.32 Å². The molecule has 1 unspecified atom stereocenters. The zero-order valence-electron chi connectivity index (χ0n) is 9.28. The van der Waals surface area contributed by atoms with Crippen LogP contribution < -0.4 is 10.6 Å². The quantitative estimate of drug-likeness (QED) is 0.640. The van der Waals surface area contributed by atoms with Crippen molar-refractivity contribution in [2.24, 2.45) is 0 Å². The van der Waals surface area contributed by atoms with Crippen LogP contribution in [-0.4, -0.2) is 24.1 Å². The summed E-state index contributed by atoms with van der Waals surface area (Å²) in [4.78, 5) is 10.4. The molecule has 92 valence electrons. The molecule has 1 saturated heterocycles. The van der Waals surface area contributed by atoms with Crippen molar-refractivity contribution >= 4 is 23.0 Å². The number of benzene rings is 1. The summed E-state index contributed by atoms with van der Waals surface area (Å²) in [5.41, 5.74) is 0.434. The Kier molecular flexibility index (Phi) is 3.81. The highest BCUT2D eigenvalue weighted by Gasteiger charge is 2.19. The van der Waals surface area contributed by atoms with Crippen molar-refractivity contribution < 1.29 is 4.92 Å². The first-order chi connectivity index (χ1) is 8.18. The molecular formula is C11H14ClN3O2.